The smallest absolute Gasteiger partial charge is 0.407 e. The third-order valence-corrected chi connectivity index (χ3v) is 8.74. The number of ether oxygens (including phenoxy) is 2. The molecule has 0 saturated heterocycles. The summed E-state index contributed by atoms with van der Waals surface area (Å²) >= 11 is 0. The number of carbonyl (C=O) groups excluding carboxylic acids is 5. The number of amides is 5. The number of benzene rings is 3. The first-order valence-electron chi connectivity index (χ1n) is 18.0. The Kier molecular flexibility index (Phi) is 15.5. The first-order chi connectivity index (χ1) is 26.4. The number of nitrogens with two attached hydrogens (primary N) is 1. The summed E-state index contributed by atoms with van der Waals surface area (Å²) in [5, 5.41) is 22.3. The van der Waals surface area contributed by atoms with Crippen LogP contribution < -0.4 is 26.4 Å². The van der Waals surface area contributed by atoms with Gasteiger partial charge in [-0.15, -0.1) is 5.17 Å². The second-order valence-electron chi connectivity index (χ2n) is 13.2. The maximum absolute atomic E-state index is 13.9. The standard InChI is InChI=1S/C40H49N7O8/c1-5-55-40(52)45-36(26(2)3)39(51)47(53)46(25-28-15-18-31(54-4)19-16-28)22-21-30(23-27-11-7-6-8-12-27)42-38(50)34(24-35(41)48)44-37(49)33-20-17-29-13-9-10-14-32(29)43-33/h6-20,26,30,34,36,53H,5,21-25H2,1-4H3,(H2,41,48)(H,42,50)(H,44,49)(H,45,52)/t30-,34+,36+/m1/s1. The minimum absolute atomic E-state index is 0.0319. The Labute approximate surface area is 320 Å². The Morgan fingerprint density at radius 3 is 2.20 bits per heavy atom. The van der Waals surface area contributed by atoms with Gasteiger partial charge in [-0.2, -0.15) is 5.01 Å². The van der Waals surface area contributed by atoms with Crippen molar-refractivity contribution in [3.05, 3.63) is 108 Å². The van der Waals surface area contributed by atoms with E-state index in [0.29, 0.717) is 22.9 Å². The summed E-state index contributed by atoms with van der Waals surface area (Å²) in [7, 11) is 1.54. The molecular formula is C40H49N7O8. The monoisotopic (exact) mass is 755 g/mol. The number of carbonyl (C=O) groups is 5. The molecule has 6 N–H and O–H groups in total. The maximum atomic E-state index is 13.9. The van der Waals surface area contributed by atoms with Gasteiger partial charge in [0.1, 0.15) is 23.5 Å². The van der Waals surface area contributed by atoms with Gasteiger partial charge in [0.05, 0.1) is 25.7 Å². The fourth-order valence-electron chi connectivity index (χ4n) is 5.83. The van der Waals surface area contributed by atoms with Crippen LogP contribution in [0, 0.1) is 5.92 Å². The molecule has 15 nitrogen and oxygen atoms in total. The number of para-hydroxylation sites is 1. The number of hydrazine groups is 1. The molecule has 15 heteroatoms. The number of aromatic nitrogens is 1. The van der Waals surface area contributed by atoms with Crippen molar-refractivity contribution in [2.75, 3.05) is 20.3 Å². The average Bonchev–Trinajstić information content (AvgIpc) is 3.17. The molecule has 0 bridgehead atoms. The van der Waals surface area contributed by atoms with Crippen molar-refractivity contribution in [1.82, 2.24) is 31.1 Å². The van der Waals surface area contributed by atoms with E-state index in [-0.39, 0.29) is 31.8 Å². The van der Waals surface area contributed by atoms with Crippen LogP contribution in [-0.4, -0.2) is 88.5 Å². The molecule has 4 rings (SSSR count). The van der Waals surface area contributed by atoms with Crippen molar-refractivity contribution in [3.8, 4) is 5.75 Å². The second-order valence-corrected chi connectivity index (χ2v) is 13.2. The molecule has 0 aliphatic heterocycles. The zero-order valence-electron chi connectivity index (χ0n) is 31.4. The normalized spacial score (nSPS) is 12.7. The van der Waals surface area contributed by atoms with Gasteiger partial charge in [0, 0.05) is 24.5 Å². The molecule has 292 valence electrons. The van der Waals surface area contributed by atoms with Crippen LogP contribution >= 0.6 is 0 Å². The Bertz CT molecular complexity index is 1910. The number of alkyl carbamates (subject to hydrolysis) is 1. The van der Waals surface area contributed by atoms with Crippen molar-refractivity contribution < 1.29 is 38.7 Å². The molecule has 55 heavy (non-hydrogen) atoms. The number of primary amides is 1. The molecular weight excluding hydrogens is 706 g/mol. The number of nitrogens with one attached hydrogen (secondary N) is 3. The highest BCUT2D eigenvalue weighted by atomic mass is 16.6. The molecule has 0 aliphatic rings. The summed E-state index contributed by atoms with van der Waals surface area (Å²) in [5.41, 5.74) is 7.76. The van der Waals surface area contributed by atoms with Crippen LogP contribution in [0.2, 0.25) is 0 Å². The molecule has 1 heterocycles. The van der Waals surface area contributed by atoms with Gasteiger partial charge in [-0.3, -0.25) is 24.4 Å². The lowest BCUT2D eigenvalue weighted by atomic mass is 10.0. The molecule has 0 aliphatic carbocycles. The number of hydroxylamine groups is 1. The zero-order chi connectivity index (χ0) is 39.9. The lowest BCUT2D eigenvalue weighted by molar-refractivity contribution is -0.245. The fraction of sp³-hybridized carbons (Fsp3) is 0.350. The van der Waals surface area contributed by atoms with Crippen LogP contribution in [0.3, 0.4) is 0 Å². The molecule has 5 amide bonds. The van der Waals surface area contributed by atoms with E-state index in [1.54, 1.807) is 70.3 Å². The molecule has 3 atom stereocenters. The van der Waals surface area contributed by atoms with Gasteiger partial charge in [0.2, 0.25) is 11.8 Å². The van der Waals surface area contributed by atoms with Gasteiger partial charge in [-0.05, 0) is 61.1 Å². The molecule has 0 spiro atoms. The topological polar surface area (TPSA) is 206 Å². The van der Waals surface area contributed by atoms with E-state index in [2.05, 4.69) is 20.9 Å². The summed E-state index contributed by atoms with van der Waals surface area (Å²) in [5.74, 6) is -2.73. The summed E-state index contributed by atoms with van der Waals surface area (Å²) in [6.45, 7) is 5.26. The van der Waals surface area contributed by atoms with E-state index < -0.39 is 60.2 Å². The highest BCUT2D eigenvalue weighted by Gasteiger charge is 2.33. The number of methoxy groups -OCH3 is 1. The van der Waals surface area contributed by atoms with Crippen LogP contribution in [0.1, 0.15) is 55.2 Å². The molecule has 3 aromatic carbocycles. The van der Waals surface area contributed by atoms with E-state index in [4.69, 9.17) is 15.2 Å². The lowest BCUT2D eigenvalue weighted by Crippen LogP contribution is -2.56. The van der Waals surface area contributed by atoms with Crippen molar-refractivity contribution >= 4 is 40.6 Å². The van der Waals surface area contributed by atoms with Crippen molar-refractivity contribution in [1.29, 1.82) is 0 Å². The molecule has 1 aromatic heterocycles. The van der Waals surface area contributed by atoms with E-state index in [0.717, 1.165) is 16.5 Å². The summed E-state index contributed by atoms with van der Waals surface area (Å²) in [6.07, 6.45) is -0.771. The highest BCUT2D eigenvalue weighted by Crippen LogP contribution is 2.18. The van der Waals surface area contributed by atoms with Crippen molar-refractivity contribution in [3.63, 3.8) is 0 Å². The summed E-state index contributed by atoms with van der Waals surface area (Å²) in [4.78, 5) is 69.8. The number of hydrogen-bond acceptors (Lipinski definition) is 10. The van der Waals surface area contributed by atoms with E-state index in [9.17, 15) is 29.2 Å². The summed E-state index contributed by atoms with van der Waals surface area (Å²) in [6, 6.07) is 23.8. The number of hydrogen-bond donors (Lipinski definition) is 5. The average molecular weight is 756 g/mol. The first kappa shape index (κ1) is 41.7. The number of pyridine rings is 1. The Balaban J connectivity index is 1.59. The first-order valence-corrected chi connectivity index (χ1v) is 18.0. The largest absolute Gasteiger partial charge is 0.497 e. The third-order valence-electron chi connectivity index (χ3n) is 8.74. The number of fused-ring (bicyclic) bond motifs is 1. The molecule has 0 saturated carbocycles. The predicted octanol–water partition coefficient (Wildman–Crippen LogP) is 3.74. The Hall–Kier alpha value is -6.06. The Morgan fingerprint density at radius 1 is 0.855 bits per heavy atom. The number of nitrogens with zero attached hydrogens (tertiary/aromatic N) is 3. The van der Waals surface area contributed by atoms with Crippen molar-refractivity contribution in [2.45, 2.75) is 64.7 Å². The molecule has 4 aromatic rings. The van der Waals surface area contributed by atoms with Crippen LogP contribution in [0.25, 0.3) is 10.9 Å². The molecule has 0 fully saturated rings. The third kappa shape index (κ3) is 12.5. The minimum Gasteiger partial charge on any atom is -0.497 e. The van der Waals surface area contributed by atoms with Gasteiger partial charge in [-0.1, -0.05) is 80.6 Å². The van der Waals surface area contributed by atoms with E-state index >= 15 is 0 Å². The van der Waals surface area contributed by atoms with Gasteiger partial charge >= 0.3 is 6.09 Å². The SMILES string of the molecule is CCOC(=O)N[C@H](C(=O)N(O)N(CC[C@H](Cc1ccccc1)NC(=O)[C@H](CC(N)=O)NC(=O)c1ccc2ccccc2n1)Cc1ccc(OC)cc1)C(C)C. The van der Waals surface area contributed by atoms with Gasteiger partial charge in [-0.25, -0.2) is 9.78 Å². The van der Waals surface area contributed by atoms with Crippen LogP contribution in [-0.2, 0) is 32.1 Å². The lowest BCUT2D eigenvalue weighted by Gasteiger charge is -2.34. The van der Waals surface area contributed by atoms with Crippen LogP contribution in [0.4, 0.5) is 4.79 Å². The van der Waals surface area contributed by atoms with Crippen LogP contribution in [0.5, 0.6) is 5.75 Å². The van der Waals surface area contributed by atoms with E-state index in [1.807, 2.05) is 42.5 Å². The zero-order valence-corrected chi connectivity index (χ0v) is 31.4. The summed E-state index contributed by atoms with van der Waals surface area (Å²) < 4.78 is 10.3. The number of rotatable bonds is 19. The molecule has 0 radical (unpaired) electrons. The van der Waals surface area contributed by atoms with Gasteiger partial charge in [0.15, 0.2) is 0 Å². The van der Waals surface area contributed by atoms with E-state index in [1.165, 1.54) is 11.1 Å². The fourth-order valence-corrected chi connectivity index (χ4v) is 5.83. The minimum atomic E-state index is -1.33. The second kappa shape index (κ2) is 20.4. The maximum Gasteiger partial charge on any atom is 0.407 e. The molecule has 0 unspecified atom stereocenters. The van der Waals surface area contributed by atoms with Gasteiger partial charge in [0.25, 0.3) is 11.8 Å². The Morgan fingerprint density at radius 2 is 1.55 bits per heavy atom. The highest BCUT2D eigenvalue weighted by molar-refractivity contribution is 5.99. The van der Waals surface area contributed by atoms with Gasteiger partial charge < -0.3 is 31.2 Å². The van der Waals surface area contributed by atoms with Crippen LogP contribution in [0.15, 0.2) is 91.0 Å². The predicted molar refractivity (Wildman–Crippen MR) is 204 cm³/mol. The van der Waals surface area contributed by atoms with Crippen molar-refractivity contribution in [2.24, 2.45) is 11.7 Å². The quantitative estimate of drug-likeness (QED) is 0.0693.